The first kappa shape index (κ1) is 15.8. The molecule has 2 aromatic carbocycles. The number of hydrogen-bond acceptors (Lipinski definition) is 3. The highest BCUT2D eigenvalue weighted by Crippen LogP contribution is 2.33. The van der Waals surface area contributed by atoms with Crippen molar-refractivity contribution in [3.8, 4) is 11.3 Å². The highest BCUT2D eigenvalue weighted by atomic mass is 35.5. The van der Waals surface area contributed by atoms with Crippen LogP contribution in [-0.2, 0) is 5.75 Å². The SMILES string of the molecule is Fc1cccc(Cl)c1CSc1nc(-c2ccc(Cl)cc2)cs1. The molecule has 3 rings (SSSR count). The van der Waals surface area contributed by atoms with Crippen LogP contribution in [0.4, 0.5) is 4.39 Å². The monoisotopic (exact) mass is 369 g/mol. The minimum Gasteiger partial charge on any atom is -0.230 e. The summed E-state index contributed by atoms with van der Waals surface area (Å²) in [4.78, 5) is 4.56. The summed E-state index contributed by atoms with van der Waals surface area (Å²) in [6.07, 6.45) is 0. The summed E-state index contributed by atoms with van der Waals surface area (Å²) in [7, 11) is 0. The molecule has 22 heavy (non-hydrogen) atoms. The Morgan fingerprint density at radius 1 is 1.09 bits per heavy atom. The number of aromatic nitrogens is 1. The zero-order valence-electron chi connectivity index (χ0n) is 11.2. The number of benzene rings is 2. The van der Waals surface area contributed by atoms with Crippen molar-refractivity contribution in [3.63, 3.8) is 0 Å². The van der Waals surface area contributed by atoms with Crippen molar-refractivity contribution in [2.45, 2.75) is 10.1 Å². The van der Waals surface area contributed by atoms with Gasteiger partial charge in [0.05, 0.1) is 5.69 Å². The molecule has 3 aromatic rings. The van der Waals surface area contributed by atoms with Gasteiger partial charge in [0.1, 0.15) is 5.82 Å². The van der Waals surface area contributed by atoms with Crippen molar-refractivity contribution in [3.05, 3.63) is 69.3 Å². The first-order valence-corrected chi connectivity index (χ1v) is 9.03. The van der Waals surface area contributed by atoms with Gasteiger partial charge in [-0.15, -0.1) is 11.3 Å². The van der Waals surface area contributed by atoms with Gasteiger partial charge in [-0.05, 0) is 24.3 Å². The van der Waals surface area contributed by atoms with Gasteiger partial charge in [-0.25, -0.2) is 9.37 Å². The Balaban J connectivity index is 1.73. The Morgan fingerprint density at radius 3 is 2.59 bits per heavy atom. The summed E-state index contributed by atoms with van der Waals surface area (Å²) in [5.41, 5.74) is 2.41. The fourth-order valence-corrected chi connectivity index (χ4v) is 4.19. The molecule has 6 heteroatoms. The van der Waals surface area contributed by atoms with Crippen molar-refractivity contribution in [2.24, 2.45) is 0 Å². The van der Waals surface area contributed by atoms with Crippen LogP contribution in [0.15, 0.2) is 52.2 Å². The molecule has 0 N–H and O–H groups in total. The summed E-state index contributed by atoms with van der Waals surface area (Å²) in [5.74, 6) is 0.175. The lowest BCUT2D eigenvalue weighted by Gasteiger charge is -2.03. The average molecular weight is 370 g/mol. The normalized spacial score (nSPS) is 10.9. The van der Waals surface area contributed by atoms with Crippen LogP contribution in [0.2, 0.25) is 10.0 Å². The predicted octanol–water partition coefficient (Wildman–Crippen LogP) is 6.55. The lowest BCUT2D eigenvalue weighted by molar-refractivity contribution is 0.617. The molecule has 0 radical (unpaired) electrons. The molecule has 1 nitrogen and oxygen atoms in total. The van der Waals surface area contributed by atoms with Crippen LogP contribution < -0.4 is 0 Å². The van der Waals surface area contributed by atoms with Gasteiger partial charge in [-0.1, -0.05) is 53.2 Å². The maximum Gasteiger partial charge on any atom is 0.150 e. The van der Waals surface area contributed by atoms with Crippen LogP contribution in [0.3, 0.4) is 0 Å². The van der Waals surface area contributed by atoms with Crippen molar-refractivity contribution in [1.29, 1.82) is 0 Å². The van der Waals surface area contributed by atoms with Crippen molar-refractivity contribution < 1.29 is 4.39 Å². The summed E-state index contributed by atoms with van der Waals surface area (Å²) in [6, 6.07) is 12.3. The average Bonchev–Trinajstić information content (AvgIpc) is 2.96. The molecule has 0 aliphatic rings. The van der Waals surface area contributed by atoms with Gasteiger partial charge in [0, 0.05) is 32.3 Å². The van der Waals surface area contributed by atoms with Crippen LogP contribution in [0, 0.1) is 5.82 Å². The molecule has 0 saturated heterocycles. The van der Waals surface area contributed by atoms with Gasteiger partial charge in [-0.3, -0.25) is 0 Å². The van der Waals surface area contributed by atoms with Crippen LogP contribution in [0.25, 0.3) is 11.3 Å². The number of hydrogen-bond donors (Lipinski definition) is 0. The zero-order chi connectivity index (χ0) is 15.5. The van der Waals surface area contributed by atoms with E-state index in [0.717, 1.165) is 15.6 Å². The molecule has 0 amide bonds. The van der Waals surface area contributed by atoms with Crippen molar-refractivity contribution in [2.75, 3.05) is 0 Å². The van der Waals surface area contributed by atoms with Gasteiger partial charge in [0.25, 0.3) is 0 Å². The van der Waals surface area contributed by atoms with E-state index in [1.807, 2.05) is 29.6 Å². The largest absolute Gasteiger partial charge is 0.230 e. The quantitative estimate of drug-likeness (QED) is 0.483. The maximum atomic E-state index is 13.7. The fraction of sp³-hybridized carbons (Fsp3) is 0.0625. The molecular weight excluding hydrogens is 360 g/mol. The van der Waals surface area contributed by atoms with Gasteiger partial charge < -0.3 is 0 Å². The molecule has 0 aliphatic carbocycles. The van der Waals surface area contributed by atoms with Crippen molar-refractivity contribution >= 4 is 46.3 Å². The maximum absolute atomic E-state index is 13.7. The molecule has 1 heterocycles. The summed E-state index contributed by atoms with van der Waals surface area (Å²) < 4.78 is 14.6. The number of thioether (sulfide) groups is 1. The summed E-state index contributed by atoms with van der Waals surface area (Å²) in [6.45, 7) is 0. The standard InChI is InChI=1S/C16H10Cl2FNS2/c17-11-6-4-10(5-7-11)15-9-22-16(20-15)21-8-12-13(18)2-1-3-14(12)19/h1-7,9H,8H2. The third-order valence-corrected chi connectivity index (χ3v) is 5.68. The first-order chi connectivity index (χ1) is 10.6. The lowest BCUT2D eigenvalue weighted by Crippen LogP contribution is -1.88. The number of rotatable bonds is 4. The van der Waals surface area contributed by atoms with Gasteiger partial charge >= 0.3 is 0 Å². The van der Waals surface area contributed by atoms with E-state index < -0.39 is 0 Å². The van der Waals surface area contributed by atoms with Crippen molar-refractivity contribution in [1.82, 2.24) is 4.98 Å². The van der Waals surface area contributed by atoms with Gasteiger partial charge in [0.15, 0.2) is 4.34 Å². The summed E-state index contributed by atoms with van der Waals surface area (Å²) >= 11 is 14.9. The van der Waals surface area contributed by atoms with E-state index in [2.05, 4.69) is 4.98 Å². The minimum atomic E-state index is -0.283. The van der Waals surface area contributed by atoms with E-state index >= 15 is 0 Å². The minimum absolute atomic E-state index is 0.283. The molecular formula is C16H10Cl2FNS2. The molecule has 0 spiro atoms. The third kappa shape index (κ3) is 3.63. The Hall–Kier alpha value is -1.07. The Morgan fingerprint density at radius 2 is 1.86 bits per heavy atom. The molecule has 112 valence electrons. The van der Waals surface area contributed by atoms with Crippen LogP contribution in [-0.4, -0.2) is 4.98 Å². The topological polar surface area (TPSA) is 12.9 Å². The van der Waals surface area contributed by atoms with Gasteiger partial charge in [-0.2, -0.15) is 0 Å². The Kier molecular flexibility index (Phi) is 5.03. The van der Waals surface area contributed by atoms with E-state index in [1.165, 1.54) is 29.2 Å². The van der Waals surface area contributed by atoms with E-state index in [0.29, 0.717) is 21.4 Å². The second-order valence-corrected chi connectivity index (χ2v) is 7.42. The van der Waals surface area contributed by atoms with E-state index in [-0.39, 0.29) is 5.82 Å². The molecule has 0 aliphatic heterocycles. The second-order valence-electron chi connectivity index (χ2n) is 4.49. The zero-order valence-corrected chi connectivity index (χ0v) is 14.4. The number of nitrogens with zero attached hydrogens (tertiary/aromatic N) is 1. The molecule has 0 unspecified atom stereocenters. The first-order valence-electron chi connectivity index (χ1n) is 6.40. The molecule has 0 fully saturated rings. The van der Waals surface area contributed by atoms with Crippen LogP contribution in [0.1, 0.15) is 5.56 Å². The summed E-state index contributed by atoms with van der Waals surface area (Å²) in [5, 5.41) is 3.12. The molecule has 0 saturated carbocycles. The van der Waals surface area contributed by atoms with Crippen LogP contribution >= 0.6 is 46.3 Å². The smallest absolute Gasteiger partial charge is 0.150 e. The second kappa shape index (κ2) is 7.01. The lowest BCUT2D eigenvalue weighted by atomic mass is 10.2. The van der Waals surface area contributed by atoms with Crippen LogP contribution in [0.5, 0.6) is 0 Å². The van der Waals surface area contributed by atoms with E-state index in [1.54, 1.807) is 12.1 Å². The Bertz CT molecular complexity index is 767. The number of halogens is 3. The van der Waals surface area contributed by atoms with E-state index in [9.17, 15) is 4.39 Å². The Labute approximate surface area is 146 Å². The molecule has 0 bridgehead atoms. The molecule has 0 atom stereocenters. The highest BCUT2D eigenvalue weighted by Gasteiger charge is 2.10. The van der Waals surface area contributed by atoms with Gasteiger partial charge in [0.2, 0.25) is 0 Å². The number of thiazole rings is 1. The molecule has 1 aromatic heterocycles. The highest BCUT2D eigenvalue weighted by molar-refractivity contribution is 8.00. The van der Waals surface area contributed by atoms with E-state index in [4.69, 9.17) is 23.2 Å². The fourth-order valence-electron chi connectivity index (χ4n) is 1.88. The third-order valence-electron chi connectivity index (χ3n) is 3.02. The predicted molar refractivity (Wildman–Crippen MR) is 93.5 cm³/mol.